The van der Waals surface area contributed by atoms with Gasteiger partial charge in [-0.2, -0.15) is 0 Å². The van der Waals surface area contributed by atoms with Gasteiger partial charge in [0.2, 0.25) is 5.91 Å². The summed E-state index contributed by atoms with van der Waals surface area (Å²) in [6.07, 6.45) is 4.38. The second-order valence-electron chi connectivity index (χ2n) is 9.74. The zero-order valence-electron chi connectivity index (χ0n) is 20.2. The number of hydrogen-bond acceptors (Lipinski definition) is 5. The average molecular weight is 496 g/mol. The van der Waals surface area contributed by atoms with Crippen molar-refractivity contribution in [2.75, 3.05) is 19.0 Å². The number of carbonyl (C=O) groups is 3. The van der Waals surface area contributed by atoms with Crippen LogP contribution in [0.4, 0.5) is 10.1 Å². The molecular weight excluding hydrogens is 465 g/mol. The van der Waals surface area contributed by atoms with E-state index in [1.54, 1.807) is 30.1 Å². The van der Waals surface area contributed by atoms with E-state index in [2.05, 4.69) is 10.6 Å². The molecule has 2 N–H and O–H groups in total. The number of nitrogens with zero attached hydrogens (tertiary/aromatic N) is 1. The predicted octanol–water partition coefficient (Wildman–Crippen LogP) is 3.52. The minimum absolute atomic E-state index is 0.0138. The molecule has 2 fully saturated rings. The Hall–Kier alpha value is -3.46. The van der Waals surface area contributed by atoms with Crippen LogP contribution in [0.15, 0.2) is 42.5 Å². The number of carbonyl (C=O) groups excluding carboxylic acids is 3. The van der Waals surface area contributed by atoms with E-state index >= 15 is 0 Å². The molecule has 3 atom stereocenters. The van der Waals surface area contributed by atoms with Gasteiger partial charge in [0, 0.05) is 24.3 Å². The lowest BCUT2D eigenvalue weighted by molar-refractivity contribution is -0.135. The molecule has 0 spiro atoms. The first kappa shape index (κ1) is 24.2. The van der Waals surface area contributed by atoms with Crippen LogP contribution in [0.25, 0.3) is 0 Å². The van der Waals surface area contributed by atoms with Crippen molar-refractivity contribution < 1.29 is 28.2 Å². The van der Waals surface area contributed by atoms with Gasteiger partial charge in [0.15, 0.2) is 0 Å². The van der Waals surface area contributed by atoms with E-state index in [9.17, 15) is 18.8 Å². The summed E-state index contributed by atoms with van der Waals surface area (Å²) in [5, 5.41) is 5.81. The number of benzene rings is 2. The third-order valence-corrected chi connectivity index (χ3v) is 7.26. The van der Waals surface area contributed by atoms with Gasteiger partial charge >= 0.3 is 0 Å². The first-order valence-electron chi connectivity index (χ1n) is 12.4. The van der Waals surface area contributed by atoms with E-state index in [0.717, 1.165) is 19.3 Å². The summed E-state index contributed by atoms with van der Waals surface area (Å²) in [6.45, 7) is 0.247. The summed E-state index contributed by atoms with van der Waals surface area (Å²) in [5.41, 5.74) is 1.08. The molecule has 0 radical (unpaired) electrons. The van der Waals surface area contributed by atoms with Crippen LogP contribution in [0.3, 0.4) is 0 Å². The van der Waals surface area contributed by atoms with E-state index < -0.39 is 11.7 Å². The fourth-order valence-corrected chi connectivity index (χ4v) is 4.96. The maximum atomic E-state index is 13.4. The number of ether oxygens (including phenoxy) is 2. The van der Waals surface area contributed by atoms with Crippen LogP contribution in [-0.2, 0) is 9.53 Å². The minimum Gasteiger partial charge on any atom is -0.490 e. The standard InChI is InChI=1S/C27H30FN3O5/c1-31-22-11-10-20(14-25(32)29-18-3-2-4-18)36-24(22)15-35-23-12-9-19(13-21(23)27(31)34)30-26(33)16-5-7-17(28)8-6-16/h5-9,12-13,18,20,22,24H,2-4,10-11,14-15H2,1H3,(H,29,32)(H,30,33)/t20-,22-,24-/m1/s1. The highest BCUT2D eigenvalue weighted by molar-refractivity contribution is 6.05. The maximum absolute atomic E-state index is 13.4. The van der Waals surface area contributed by atoms with Gasteiger partial charge in [-0.25, -0.2) is 4.39 Å². The molecule has 3 aliphatic rings. The Morgan fingerprint density at radius 3 is 2.58 bits per heavy atom. The molecule has 2 heterocycles. The van der Waals surface area contributed by atoms with Crippen molar-refractivity contribution in [2.45, 2.75) is 62.8 Å². The molecule has 36 heavy (non-hydrogen) atoms. The van der Waals surface area contributed by atoms with Gasteiger partial charge < -0.3 is 25.0 Å². The van der Waals surface area contributed by atoms with Crippen LogP contribution in [0.5, 0.6) is 5.75 Å². The quantitative estimate of drug-likeness (QED) is 0.662. The number of amides is 3. The Labute approximate surface area is 209 Å². The largest absolute Gasteiger partial charge is 0.490 e. The van der Waals surface area contributed by atoms with Crippen molar-refractivity contribution in [3.05, 3.63) is 59.4 Å². The van der Waals surface area contributed by atoms with E-state index in [-0.39, 0.29) is 36.7 Å². The smallest absolute Gasteiger partial charge is 0.257 e. The first-order valence-corrected chi connectivity index (χ1v) is 12.4. The van der Waals surface area contributed by atoms with Gasteiger partial charge in [0.05, 0.1) is 24.1 Å². The number of likely N-dealkylation sites (N-methyl/N-ethyl adjacent to an activating group) is 1. The van der Waals surface area contributed by atoms with Crippen LogP contribution < -0.4 is 15.4 Å². The van der Waals surface area contributed by atoms with Crippen molar-refractivity contribution in [2.24, 2.45) is 0 Å². The number of rotatable bonds is 5. The van der Waals surface area contributed by atoms with Gasteiger partial charge in [0.1, 0.15) is 24.3 Å². The molecule has 5 rings (SSSR count). The molecule has 3 amide bonds. The molecule has 1 saturated carbocycles. The van der Waals surface area contributed by atoms with E-state index in [1.165, 1.54) is 24.3 Å². The first-order chi connectivity index (χ1) is 17.4. The Morgan fingerprint density at radius 1 is 1.08 bits per heavy atom. The second-order valence-corrected chi connectivity index (χ2v) is 9.74. The topological polar surface area (TPSA) is 97.0 Å². The van der Waals surface area contributed by atoms with Crippen LogP contribution in [0.2, 0.25) is 0 Å². The van der Waals surface area contributed by atoms with E-state index in [4.69, 9.17) is 9.47 Å². The lowest BCUT2D eigenvalue weighted by Crippen LogP contribution is -2.54. The molecule has 0 aromatic heterocycles. The molecular formula is C27H30FN3O5. The molecule has 0 unspecified atom stereocenters. The van der Waals surface area contributed by atoms with Crippen molar-refractivity contribution in [3.63, 3.8) is 0 Å². The van der Waals surface area contributed by atoms with E-state index in [0.29, 0.717) is 47.9 Å². The normalized spacial score (nSPS) is 23.8. The van der Waals surface area contributed by atoms with Crippen LogP contribution in [0.1, 0.15) is 59.2 Å². The lowest BCUT2D eigenvalue weighted by Gasteiger charge is -2.42. The third-order valence-electron chi connectivity index (χ3n) is 7.26. The summed E-state index contributed by atoms with van der Waals surface area (Å²) in [7, 11) is 1.74. The number of fused-ring (bicyclic) bond motifs is 2. The van der Waals surface area contributed by atoms with Crippen molar-refractivity contribution in [1.82, 2.24) is 10.2 Å². The minimum atomic E-state index is -0.424. The molecule has 0 bridgehead atoms. The van der Waals surface area contributed by atoms with E-state index in [1.807, 2.05) is 0 Å². The highest BCUT2D eigenvalue weighted by atomic mass is 19.1. The fourth-order valence-electron chi connectivity index (χ4n) is 4.96. The molecule has 2 aliphatic heterocycles. The van der Waals surface area contributed by atoms with Gasteiger partial charge in [-0.15, -0.1) is 0 Å². The monoisotopic (exact) mass is 495 g/mol. The molecule has 2 aromatic rings. The molecule has 2 aromatic carbocycles. The highest BCUT2D eigenvalue weighted by Gasteiger charge is 2.39. The zero-order chi connectivity index (χ0) is 25.2. The fraction of sp³-hybridized carbons (Fsp3) is 0.444. The van der Waals surface area contributed by atoms with Crippen LogP contribution in [-0.4, -0.2) is 60.6 Å². The third kappa shape index (κ3) is 5.21. The molecule has 8 nitrogen and oxygen atoms in total. The zero-order valence-corrected chi connectivity index (χ0v) is 20.2. The summed E-state index contributed by atoms with van der Waals surface area (Å²) in [6, 6.07) is 10.2. The molecule has 1 saturated heterocycles. The average Bonchev–Trinajstić information content (AvgIpc) is 2.84. The number of halogens is 1. The second kappa shape index (κ2) is 10.3. The summed E-state index contributed by atoms with van der Waals surface area (Å²) < 4.78 is 25.4. The summed E-state index contributed by atoms with van der Waals surface area (Å²) in [5.74, 6) is -0.650. The van der Waals surface area contributed by atoms with Gasteiger partial charge in [-0.1, -0.05) is 0 Å². The predicted molar refractivity (Wildman–Crippen MR) is 130 cm³/mol. The highest BCUT2D eigenvalue weighted by Crippen LogP contribution is 2.32. The van der Waals surface area contributed by atoms with Gasteiger partial charge in [0.25, 0.3) is 11.8 Å². The Kier molecular flexibility index (Phi) is 6.91. The Balaban J connectivity index is 1.26. The molecule has 1 aliphatic carbocycles. The Morgan fingerprint density at radius 2 is 1.86 bits per heavy atom. The van der Waals surface area contributed by atoms with Crippen LogP contribution in [0, 0.1) is 5.82 Å². The maximum Gasteiger partial charge on any atom is 0.257 e. The SMILES string of the molecule is CN1C(=O)c2cc(NC(=O)c3ccc(F)cc3)ccc2OC[C@H]2O[C@@H](CC(=O)NC3CCC3)CC[C@H]21. The Bertz CT molecular complexity index is 1150. The van der Waals surface area contributed by atoms with Gasteiger partial charge in [-0.05, 0) is 74.6 Å². The van der Waals surface area contributed by atoms with Crippen molar-refractivity contribution in [3.8, 4) is 5.75 Å². The van der Waals surface area contributed by atoms with Crippen molar-refractivity contribution in [1.29, 1.82) is 0 Å². The number of hydrogen-bond donors (Lipinski definition) is 2. The number of nitrogens with one attached hydrogen (secondary N) is 2. The summed E-state index contributed by atoms with van der Waals surface area (Å²) in [4.78, 5) is 39.9. The number of anilines is 1. The van der Waals surface area contributed by atoms with Crippen molar-refractivity contribution >= 4 is 23.4 Å². The van der Waals surface area contributed by atoms with Crippen LogP contribution >= 0.6 is 0 Å². The van der Waals surface area contributed by atoms with Gasteiger partial charge in [-0.3, -0.25) is 14.4 Å². The molecule has 190 valence electrons. The summed E-state index contributed by atoms with van der Waals surface area (Å²) >= 11 is 0. The molecule has 9 heteroatoms. The lowest BCUT2D eigenvalue weighted by atomic mass is 9.92.